The van der Waals surface area contributed by atoms with Crippen molar-refractivity contribution in [1.82, 2.24) is 15.4 Å². The molecule has 142 valence electrons. The zero-order valence-corrected chi connectivity index (χ0v) is 15.5. The number of aromatic nitrogens is 1. The highest BCUT2D eigenvalue weighted by atomic mass is 16.5. The molecule has 2 aliphatic heterocycles. The molecule has 8 nitrogen and oxygen atoms in total. The molecule has 1 atom stereocenters. The quantitative estimate of drug-likeness (QED) is 0.833. The maximum absolute atomic E-state index is 13.1. The van der Waals surface area contributed by atoms with Gasteiger partial charge in [-0.15, -0.1) is 0 Å². The number of ether oxygens (including phenoxy) is 2. The third-order valence-corrected chi connectivity index (χ3v) is 5.10. The molecule has 27 heavy (non-hydrogen) atoms. The third-order valence-electron chi connectivity index (χ3n) is 5.10. The molecule has 0 aliphatic carbocycles. The first kappa shape index (κ1) is 17.4. The molecule has 0 unspecified atom stereocenters. The Morgan fingerprint density at radius 1 is 1.19 bits per heavy atom. The predicted octanol–water partition coefficient (Wildman–Crippen LogP) is 2.42. The standard InChI is InChI=1S/C19H21N3O5/c1-11-14(12(2)27-21-11)10-22-17(23)19(3,20-18(22)24)13-5-6-15-16(9-13)26-8-4-7-25-15/h5-6,9H,4,7-8,10H2,1-3H3,(H,20,24)/t19-/m1/s1. The highest BCUT2D eigenvalue weighted by Gasteiger charge is 2.49. The zero-order valence-electron chi connectivity index (χ0n) is 15.5. The minimum Gasteiger partial charge on any atom is -0.490 e. The largest absolute Gasteiger partial charge is 0.490 e. The van der Waals surface area contributed by atoms with Gasteiger partial charge < -0.3 is 19.3 Å². The molecule has 3 amide bonds. The van der Waals surface area contributed by atoms with E-state index in [0.717, 1.165) is 12.0 Å². The Kier molecular flexibility index (Phi) is 4.05. The van der Waals surface area contributed by atoms with E-state index in [9.17, 15) is 9.59 Å². The van der Waals surface area contributed by atoms with Crippen LogP contribution >= 0.6 is 0 Å². The van der Waals surface area contributed by atoms with Crippen LogP contribution in [0.3, 0.4) is 0 Å². The molecule has 0 bridgehead atoms. The lowest BCUT2D eigenvalue weighted by atomic mass is 9.91. The van der Waals surface area contributed by atoms with Crippen LogP contribution in [-0.4, -0.2) is 35.2 Å². The molecule has 2 aliphatic rings. The van der Waals surface area contributed by atoms with Crippen LogP contribution in [0.25, 0.3) is 0 Å². The van der Waals surface area contributed by atoms with Crippen LogP contribution in [0.2, 0.25) is 0 Å². The Hall–Kier alpha value is -3.03. The number of rotatable bonds is 3. The van der Waals surface area contributed by atoms with Crippen molar-refractivity contribution < 1.29 is 23.6 Å². The van der Waals surface area contributed by atoms with Crippen LogP contribution in [0.5, 0.6) is 11.5 Å². The molecule has 4 rings (SSSR count). The second-order valence-corrected chi connectivity index (χ2v) is 6.96. The van der Waals surface area contributed by atoms with Gasteiger partial charge in [-0.25, -0.2) is 4.79 Å². The first-order valence-corrected chi connectivity index (χ1v) is 8.86. The van der Waals surface area contributed by atoms with Crippen molar-refractivity contribution in [3.8, 4) is 11.5 Å². The number of nitrogens with one attached hydrogen (secondary N) is 1. The molecule has 0 radical (unpaired) electrons. The van der Waals surface area contributed by atoms with Crippen LogP contribution in [-0.2, 0) is 16.9 Å². The summed E-state index contributed by atoms with van der Waals surface area (Å²) in [6, 6.07) is 4.87. The van der Waals surface area contributed by atoms with Crippen molar-refractivity contribution in [2.24, 2.45) is 0 Å². The topological polar surface area (TPSA) is 93.9 Å². The first-order chi connectivity index (χ1) is 12.9. The Bertz CT molecular complexity index is 903. The Morgan fingerprint density at radius 3 is 2.63 bits per heavy atom. The van der Waals surface area contributed by atoms with E-state index < -0.39 is 11.6 Å². The minimum absolute atomic E-state index is 0.117. The smallest absolute Gasteiger partial charge is 0.325 e. The maximum Gasteiger partial charge on any atom is 0.325 e. The number of aryl methyl sites for hydroxylation is 2. The van der Waals surface area contributed by atoms with Crippen molar-refractivity contribution in [2.45, 2.75) is 39.3 Å². The number of urea groups is 1. The normalized spacial score (nSPS) is 22.0. The van der Waals surface area contributed by atoms with Crippen LogP contribution in [0.1, 0.15) is 35.9 Å². The number of amides is 3. The van der Waals surface area contributed by atoms with Gasteiger partial charge in [0.25, 0.3) is 5.91 Å². The monoisotopic (exact) mass is 371 g/mol. The van der Waals surface area contributed by atoms with E-state index >= 15 is 0 Å². The van der Waals surface area contributed by atoms with E-state index in [1.807, 2.05) is 0 Å². The molecule has 1 aromatic heterocycles. The van der Waals surface area contributed by atoms with Crippen LogP contribution < -0.4 is 14.8 Å². The average Bonchev–Trinajstić information content (AvgIpc) is 2.96. The van der Waals surface area contributed by atoms with Gasteiger partial charge in [0.15, 0.2) is 11.5 Å². The highest BCUT2D eigenvalue weighted by molar-refractivity contribution is 6.07. The lowest BCUT2D eigenvalue weighted by Gasteiger charge is -2.23. The van der Waals surface area contributed by atoms with Gasteiger partial charge in [0.2, 0.25) is 0 Å². The second-order valence-electron chi connectivity index (χ2n) is 6.96. The Balaban J connectivity index is 1.65. The third kappa shape index (κ3) is 2.81. The number of nitrogens with zero attached hydrogens (tertiary/aromatic N) is 2. The van der Waals surface area contributed by atoms with Crippen LogP contribution in [0.15, 0.2) is 22.7 Å². The SMILES string of the molecule is Cc1noc(C)c1CN1C(=O)N[C@](C)(c2ccc3c(c2)OCCCO3)C1=O. The first-order valence-electron chi connectivity index (χ1n) is 8.86. The lowest BCUT2D eigenvalue weighted by Crippen LogP contribution is -2.40. The summed E-state index contributed by atoms with van der Waals surface area (Å²) in [7, 11) is 0. The van der Waals surface area contributed by atoms with Crippen LogP contribution in [0.4, 0.5) is 4.79 Å². The van der Waals surface area contributed by atoms with E-state index in [1.165, 1.54) is 4.90 Å². The second kappa shape index (κ2) is 6.29. The number of hydrogen-bond acceptors (Lipinski definition) is 6. The molecule has 8 heteroatoms. The predicted molar refractivity (Wildman–Crippen MR) is 94.5 cm³/mol. The summed E-state index contributed by atoms with van der Waals surface area (Å²) in [5.41, 5.74) is 0.867. The molecule has 1 fully saturated rings. The van der Waals surface area contributed by atoms with Gasteiger partial charge >= 0.3 is 6.03 Å². The van der Waals surface area contributed by atoms with E-state index in [4.69, 9.17) is 14.0 Å². The summed E-state index contributed by atoms with van der Waals surface area (Å²) < 4.78 is 16.5. The number of imide groups is 1. The number of carbonyl (C=O) groups excluding carboxylic acids is 2. The average molecular weight is 371 g/mol. The van der Waals surface area contributed by atoms with Gasteiger partial charge in [-0.1, -0.05) is 11.2 Å². The molecule has 1 saturated heterocycles. The van der Waals surface area contributed by atoms with Crippen molar-refractivity contribution in [3.63, 3.8) is 0 Å². The zero-order chi connectivity index (χ0) is 19.2. The fourth-order valence-electron chi connectivity index (χ4n) is 3.40. The minimum atomic E-state index is -1.18. The van der Waals surface area contributed by atoms with Crippen molar-refractivity contribution in [3.05, 3.63) is 40.8 Å². The summed E-state index contributed by atoms with van der Waals surface area (Å²) in [5.74, 6) is 1.49. The summed E-state index contributed by atoms with van der Waals surface area (Å²) in [6.07, 6.45) is 0.794. The van der Waals surface area contributed by atoms with Gasteiger partial charge in [0.05, 0.1) is 25.5 Å². The highest BCUT2D eigenvalue weighted by Crippen LogP contribution is 2.37. The van der Waals surface area contributed by atoms with Gasteiger partial charge in [-0.3, -0.25) is 9.69 Å². The number of fused-ring (bicyclic) bond motifs is 1. The van der Waals surface area contributed by atoms with Crippen LogP contribution in [0, 0.1) is 13.8 Å². The molecular weight excluding hydrogens is 350 g/mol. The van der Waals surface area contributed by atoms with Crippen molar-refractivity contribution in [1.29, 1.82) is 0 Å². The van der Waals surface area contributed by atoms with Gasteiger partial charge in [-0.2, -0.15) is 0 Å². The number of benzene rings is 1. The number of hydrogen-bond donors (Lipinski definition) is 1. The molecule has 1 N–H and O–H groups in total. The fourth-order valence-corrected chi connectivity index (χ4v) is 3.40. The summed E-state index contributed by atoms with van der Waals surface area (Å²) in [4.78, 5) is 26.9. The van der Waals surface area contributed by atoms with Gasteiger partial charge in [0, 0.05) is 12.0 Å². The summed E-state index contributed by atoms with van der Waals surface area (Å²) >= 11 is 0. The molecule has 0 saturated carbocycles. The molecule has 3 heterocycles. The summed E-state index contributed by atoms with van der Waals surface area (Å²) in [6.45, 7) is 6.49. The molecule has 0 spiro atoms. The van der Waals surface area contributed by atoms with Gasteiger partial charge in [0.1, 0.15) is 11.3 Å². The van der Waals surface area contributed by atoms with E-state index in [2.05, 4.69) is 10.5 Å². The lowest BCUT2D eigenvalue weighted by molar-refractivity contribution is -0.131. The molecular formula is C19H21N3O5. The molecule has 1 aromatic carbocycles. The Morgan fingerprint density at radius 2 is 1.93 bits per heavy atom. The van der Waals surface area contributed by atoms with E-state index in [1.54, 1.807) is 39.0 Å². The van der Waals surface area contributed by atoms with E-state index in [0.29, 0.717) is 41.7 Å². The van der Waals surface area contributed by atoms with Gasteiger partial charge in [-0.05, 0) is 38.5 Å². The van der Waals surface area contributed by atoms with Crippen molar-refractivity contribution >= 4 is 11.9 Å². The fraction of sp³-hybridized carbons (Fsp3) is 0.421. The summed E-state index contributed by atoms with van der Waals surface area (Å²) in [5, 5.41) is 6.70. The number of carbonyl (C=O) groups is 2. The van der Waals surface area contributed by atoms with E-state index in [-0.39, 0.29) is 12.5 Å². The van der Waals surface area contributed by atoms with Crippen molar-refractivity contribution in [2.75, 3.05) is 13.2 Å². The maximum atomic E-state index is 13.1. The molecule has 2 aromatic rings. The Labute approximate surface area is 156 Å².